The third-order valence-electron chi connectivity index (χ3n) is 2.73. The van der Waals surface area contributed by atoms with Crippen molar-refractivity contribution in [3.63, 3.8) is 0 Å². The first-order chi connectivity index (χ1) is 9.74. The minimum absolute atomic E-state index is 0.0281. The molecule has 100 valence electrons. The molecule has 3 aromatic rings. The van der Waals surface area contributed by atoms with Gasteiger partial charge in [0.15, 0.2) is 5.13 Å². The summed E-state index contributed by atoms with van der Waals surface area (Å²) in [4.78, 5) is 27.6. The maximum Gasteiger partial charge on any atom is 0.247 e. The van der Waals surface area contributed by atoms with Crippen LogP contribution >= 0.6 is 11.3 Å². The van der Waals surface area contributed by atoms with Gasteiger partial charge in [-0.1, -0.05) is 12.1 Å². The number of benzene rings is 1. The molecule has 0 unspecified atom stereocenters. The van der Waals surface area contributed by atoms with E-state index in [9.17, 15) is 9.59 Å². The molecule has 1 N–H and O–H groups in total. The van der Waals surface area contributed by atoms with Gasteiger partial charge in [0.1, 0.15) is 6.54 Å². The Hall–Kier alpha value is -2.54. The molecule has 0 radical (unpaired) electrons. The van der Waals surface area contributed by atoms with Crippen LogP contribution in [-0.4, -0.2) is 20.7 Å². The van der Waals surface area contributed by atoms with Crippen molar-refractivity contribution in [1.82, 2.24) is 14.8 Å². The van der Waals surface area contributed by atoms with E-state index in [4.69, 9.17) is 0 Å². The highest BCUT2D eigenvalue weighted by Gasteiger charge is 2.09. The van der Waals surface area contributed by atoms with Gasteiger partial charge in [-0.25, -0.2) is 4.98 Å². The maximum atomic E-state index is 11.9. The summed E-state index contributed by atoms with van der Waals surface area (Å²) in [6.07, 6.45) is 2.84. The second-order valence-electron chi connectivity index (χ2n) is 4.07. The summed E-state index contributed by atoms with van der Waals surface area (Å²) in [5, 5.41) is 9.55. The maximum absolute atomic E-state index is 11.9. The molecule has 2 aromatic heterocycles. The third kappa shape index (κ3) is 2.43. The van der Waals surface area contributed by atoms with Gasteiger partial charge in [-0.15, -0.1) is 11.3 Å². The summed E-state index contributed by atoms with van der Waals surface area (Å²) in [7, 11) is 0. The van der Waals surface area contributed by atoms with Crippen molar-refractivity contribution in [1.29, 1.82) is 0 Å². The number of rotatable bonds is 3. The Morgan fingerprint density at radius 2 is 2.20 bits per heavy atom. The summed E-state index contributed by atoms with van der Waals surface area (Å²) >= 11 is 1.35. The molecule has 0 saturated carbocycles. The summed E-state index contributed by atoms with van der Waals surface area (Å²) < 4.78 is 1.50. The lowest BCUT2D eigenvalue weighted by atomic mass is 10.2. The molecule has 20 heavy (non-hydrogen) atoms. The van der Waals surface area contributed by atoms with Crippen molar-refractivity contribution in [2.75, 3.05) is 5.32 Å². The minimum Gasteiger partial charge on any atom is -0.300 e. The molecule has 3 rings (SSSR count). The van der Waals surface area contributed by atoms with E-state index < -0.39 is 0 Å². The normalized spacial score (nSPS) is 10.6. The summed E-state index contributed by atoms with van der Waals surface area (Å²) in [5.74, 6) is -0.235. The van der Waals surface area contributed by atoms with Crippen molar-refractivity contribution >= 4 is 33.3 Å². The van der Waals surface area contributed by atoms with E-state index in [2.05, 4.69) is 15.4 Å². The number of carbonyl (C=O) groups is 1. The molecule has 0 aliphatic carbocycles. The average Bonchev–Trinajstić information content (AvgIpc) is 2.95. The first kappa shape index (κ1) is 12.5. The standard InChI is InChI=1S/C13H10N4O2S/c18-11-7-15-17(10-4-2-1-3-9(10)11)8-12(19)16-13-14-5-6-20-13/h1-7H,8H2,(H,14,16,19). The van der Waals surface area contributed by atoms with Crippen LogP contribution in [0.15, 0.2) is 46.8 Å². The molecule has 0 aliphatic heterocycles. The molecule has 2 heterocycles. The van der Waals surface area contributed by atoms with Crippen LogP contribution in [0.3, 0.4) is 0 Å². The molecule has 1 amide bonds. The van der Waals surface area contributed by atoms with Crippen molar-refractivity contribution in [3.05, 3.63) is 52.3 Å². The molecular weight excluding hydrogens is 276 g/mol. The monoisotopic (exact) mass is 286 g/mol. The number of aromatic nitrogens is 3. The van der Waals surface area contributed by atoms with Crippen molar-refractivity contribution in [3.8, 4) is 0 Å². The second kappa shape index (κ2) is 5.22. The highest BCUT2D eigenvalue weighted by Crippen LogP contribution is 2.11. The van der Waals surface area contributed by atoms with Crippen LogP contribution in [0.4, 0.5) is 5.13 Å². The summed E-state index contributed by atoms with van der Waals surface area (Å²) in [6, 6.07) is 7.07. The topological polar surface area (TPSA) is 76.9 Å². The van der Waals surface area contributed by atoms with E-state index in [1.165, 1.54) is 22.2 Å². The van der Waals surface area contributed by atoms with Crippen molar-refractivity contribution < 1.29 is 4.79 Å². The van der Waals surface area contributed by atoms with E-state index >= 15 is 0 Å². The Bertz CT molecular complexity index is 811. The van der Waals surface area contributed by atoms with Gasteiger partial charge in [-0.05, 0) is 12.1 Å². The molecule has 1 aromatic carbocycles. The van der Waals surface area contributed by atoms with Gasteiger partial charge in [0.2, 0.25) is 11.3 Å². The number of carbonyl (C=O) groups excluding carboxylic acids is 1. The number of amides is 1. The molecule has 7 heteroatoms. The molecule has 0 atom stereocenters. The molecule has 0 bridgehead atoms. The Morgan fingerprint density at radius 3 is 3.00 bits per heavy atom. The Balaban J connectivity index is 1.89. The van der Waals surface area contributed by atoms with Gasteiger partial charge in [-0.2, -0.15) is 5.10 Å². The molecule has 6 nitrogen and oxygen atoms in total. The van der Waals surface area contributed by atoms with Crippen LogP contribution in [0.5, 0.6) is 0 Å². The predicted octanol–water partition coefficient (Wildman–Crippen LogP) is 1.49. The average molecular weight is 286 g/mol. The third-order valence-corrected chi connectivity index (χ3v) is 3.42. The van der Waals surface area contributed by atoms with Gasteiger partial charge >= 0.3 is 0 Å². The van der Waals surface area contributed by atoms with Gasteiger partial charge < -0.3 is 5.32 Å². The number of nitrogens with zero attached hydrogens (tertiary/aromatic N) is 3. The fourth-order valence-corrected chi connectivity index (χ4v) is 2.41. The van der Waals surface area contributed by atoms with Crippen LogP contribution < -0.4 is 10.7 Å². The summed E-state index contributed by atoms with van der Waals surface area (Å²) in [6.45, 7) is 0.0281. The SMILES string of the molecule is O=C(Cn1ncc(=O)c2ccccc21)Nc1nccs1. The first-order valence-electron chi connectivity index (χ1n) is 5.88. The van der Waals surface area contributed by atoms with E-state index in [1.807, 2.05) is 0 Å². The molecule has 0 saturated heterocycles. The Kier molecular flexibility index (Phi) is 3.26. The zero-order valence-corrected chi connectivity index (χ0v) is 11.1. The van der Waals surface area contributed by atoms with Crippen LogP contribution in [0.2, 0.25) is 0 Å². The van der Waals surface area contributed by atoms with Crippen molar-refractivity contribution in [2.45, 2.75) is 6.54 Å². The van der Waals surface area contributed by atoms with E-state index in [0.29, 0.717) is 16.0 Å². The number of hydrogen-bond donors (Lipinski definition) is 1. The highest BCUT2D eigenvalue weighted by molar-refractivity contribution is 7.13. The Labute approximate surface area is 117 Å². The fraction of sp³-hybridized carbons (Fsp3) is 0.0769. The predicted molar refractivity (Wildman–Crippen MR) is 76.7 cm³/mol. The smallest absolute Gasteiger partial charge is 0.247 e. The van der Waals surface area contributed by atoms with E-state index in [1.54, 1.807) is 35.8 Å². The first-order valence-corrected chi connectivity index (χ1v) is 6.76. The van der Waals surface area contributed by atoms with Gasteiger partial charge in [0, 0.05) is 17.0 Å². The number of fused-ring (bicyclic) bond motifs is 1. The highest BCUT2D eigenvalue weighted by atomic mass is 32.1. The van der Waals surface area contributed by atoms with Crippen molar-refractivity contribution in [2.24, 2.45) is 0 Å². The lowest BCUT2D eigenvalue weighted by molar-refractivity contribution is -0.116. The van der Waals surface area contributed by atoms with Crippen LogP contribution in [0, 0.1) is 0 Å². The largest absolute Gasteiger partial charge is 0.300 e. The quantitative estimate of drug-likeness (QED) is 0.791. The minimum atomic E-state index is -0.235. The molecule has 0 spiro atoms. The summed E-state index contributed by atoms with van der Waals surface area (Å²) in [5.41, 5.74) is 0.478. The fourth-order valence-electron chi connectivity index (χ4n) is 1.87. The van der Waals surface area contributed by atoms with Crippen LogP contribution in [0.25, 0.3) is 10.9 Å². The molecular formula is C13H10N4O2S. The Morgan fingerprint density at radius 1 is 1.35 bits per heavy atom. The number of hydrogen-bond acceptors (Lipinski definition) is 5. The number of para-hydroxylation sites is 1. The lowest BCUT2D eigenvalue weighted by Gasteiger charge is -2.08. The number of anilines is 1. The number of thiazole rings is 1. The number of nitrogens with one attached hydrogen (secondary N) is 1. The lowest BCUT2D eigenvalue weighted by Crippen LogP contribution is -2.22. The zero-order chi connectivity index (χ0) is 13.9. The van der Waals surface area contributed by atoms with E-state index in [-0.39, 0.29) is 17.9 Å². The van der Waals surface area contributed by atoms with Gasteiger partial charge in [0.25, 0.3) is 0 Å². The zero-order valence-electron chi connectivity index (χ0n) is 10.3. The second-order valence-corrected chi connectivity index (χ2v) is 4.96. The van der Waals surface area contributed by atoms with Gasteiger partial charge in [0.05, 0.1) is 11.7 Å². The van der Waals surface area contributed by atoms with Crippen LogP contribution in [0.1, 0.15) is 0 Å². The molecule has 0 fully saturated rings. The van der Waals surface area contributed by atoms with Crippen LogP contribution in [-0.2, 0) is 11.3 Å². The molecule has 0 aliphatic rings. The van der Waals surface area contributed by atoms with E-state index in [0.717, 1.165) is 0 Å². The van der Waals surface area contributed by atoms with Gasteiger partial charge in [-0.3, -0.25) is 14.3 Å².